The number of hydrogen-bond acceptors (Lipinski definition) is 5. The van der Waals surface area contributed by atoms with Crippen molar-refractivity contribution in [1.82, 2.24) is 20.5 Å². The molecule has 0 bridgehead atoms. The van der Waals surface area contributed by atoms with E-state index in [0.29, 0.717) is 11.7 Å². The summed E-state index contributed by atoms with van der Waals surface area (Å²) in [4.78, 5) is 1.08. The number of methoxy groups -OCH3 is 1. The summed E-state index contributed by atoms with van der Waals surface area (Å²) in [6, 6.07) is 14.2. The number of hydrazone groups is 1. The van der Waals surface area contributed by atoms with E-state index in [2.05, 4.69) is 15.8 Å². The number of aromatic nitrogens is 2. The number of thiophene rings is 1. The van der Waals surface area contributed by atoms with Crippen LogP contribution < -0.4 is 10.7 Å². The summed E-state index contributed by atoms with van der Waals surface area (Å²) in [5, 5.41) is 14.6. The number of hydrogen-bond donors (Lipinski definition) is 2. The van der Waals surface area contributed by atoms with Crippen LogP contribution in [0.5, 0.6) is 0 Å². The molecule has 2 aromatic heterocycles. The van der Waals surface area contributed by atoms with Crippen molar-refractivity contribution in [3.05, 3.63) is 59.6 Å². The molecule has 140 valence electrons. The second kappa shape index (κ2) is 9.40. The molecular formula is C19H21N5OS2. The van der Waals surface area contributed by atoms with Gasteiger partial charge in [-0.3, -0.25) is 5.43 Å². The summed E-state index contributed by atoms with van der Waals surface area (Å²) in [6.45, 7) is 2.55. The molecule has 2 N–H and O–H groups in total. The van der Waals surface area contributed by atoms with Gasteiger partial charge in [-0.1, -0.05) is 24.3 Å². The minimum atomic E-state index is 0.104. The Kier molecular flexibility index (Phi) is 6.69. The Hall–Kier alpha value is -2.55. The van der Waals surface area contributed by atoms with E-state index in [4.69, 9.17) is 22.1 Å². The highest BCUT2D eigenvalue weighted by molar-refractivity contribution is 7.80. The van der Waals surface area contributed by atoms with Crippen molar-refractivity contribution in [2.75, 3.05) is 13.7 Å². The Morgan fingerprint density at radius 2 is 2.15 bits per heavy atom. The summed E-state index contributed by atoms with van der Waals surface area (Å²) in [5.41, 5.74) is 5.62. The molecule has 0 saturated heterocycles. The normalized spacial score (nSPS) is 12.2. The lowest BCUT2D eigenvalue weighted by atomic mass is 10.2. The zero-order chi connectivity index (χ0) is 19.1. The summed E-state index contributed by atoms with van der Waals surface area (Å²) < 4.78 is 6.94. The lowest BCUT2D eigenvalue weighted by Gasteiger charge is -2.13. The highest BCUT2D eigenvalue weighted by Crippen LogP contribution is 2.26. The smallest absolute Gasteiger partial charge is 0.187 e. The molecule has 1 atom stereocenters. The minimum absolute atomic E-state index is 0.104. The van der Waals surface area contributed by atoms with Crippen molar-refractivity contribution in [2.24, 2.45) is 5.10 Å². The Morgan fingerprint density at radius 1 is 1.33 bits per heavy atom. The second-order valence-electron chi connectivity index (χ2n) is 5.89. The molecule has 3 aromatic rings. The summed E-state index contributed by atoms with van der Waals surface area (Å²) in [7, 11) is 1.66. The predicted molar refractivity (Wildman–Crippen MR) is 115 cm³/mol. The van der Waals surface area contributed by atoms with Gasteiger partial charge in [0.2, 0.25) is 0 Å². The van der Waals surface area contributed by atoms with Crippen molar-refractivity contribution >= 4 is 34.9 Å². The average Bonchev–Trinajstić information content (AvgIpc) is 3.32. The van der Waals surface area contributed by atoms with E-state index in [0.717, 1.165) is 21.8 Å². The van der Waals surface area contributed by atoms with Crippen molar-refractivity contribution in [3.63, 3.8) is 0 Å². The Morgan fingerprint density at radius 3 is 2.85 bits per heavy atom. The fourth-order valence-corrected chi connectivity index (χ4v) is 3.49. The number of para-hydroxylation sites is 1. The van der Waals surface area contributed by atoms with Gasteiger partial charge in [-0.05, 0) is 42.7 Å². The maximum atomic E-state index is 5.24. The molecule has 0 radical (unpaired) electrons. The lowest BCUT2D eigenvalue weighted by molar-refractivity contribution is 0.179. The molecule has 0 amide bonds. The first-order valence-corrected chi connectivity index (χ1v) is 9.73. The van der Waals surface area contributed by atoms with E-state index >= 15 is 0 Å². The highest BCUT2D eigenvalue weighted by Gasteiger charge is 2.12. The number of ether oxygens (including phenoxy) is 1. The topological polar surface area (TPSA) is 63.5 Å². The van der Waals surface area contributed by atoms with E-state index in [-0.39, 0.29) is 6.04 Å². The van der Waals surface area contributed by atoms with E-state index in [9.17, 15) is 0 Å². The molecule has 2 heterocycles. The van der Waals surface area contributed by atoms with Gasteiger partial charge < -0.3 is 10.1 Å². The molecule has 0 aliphatic rings. The third kappa shape index (κ3) is 5.22. The van der Waals surface area contributed by atoms with Crippen LogP contribution in [0.4, 0.5) is 0 Å². The van der Waals surface area contributed by atoms with Gasteiger partial charge in [0.1, 0.15) is 5.69 Å². The molecule has 0 spiro atoms. The van der Waals surface area contributed by atoms with E-state index in [1.165, 1.54) is 0 Å². The number of rotatable bonds is 7. The second-order valence-corrected chi connectivity index (χ2v) is 7.25. The van der Waals surface area contributed by atoms with Crippen LogP contribution in [0, 0.1) is 0 Å². The van der Waals surface area contributed by atoms with Crippen LogP contribution in [-0.4, -0.2) is 40.9 Å². The van der Waals surface area contributed by atoms with Gasteiger partial charge in [-0.2, -0.15) is 10.2 Å². The predicted octanol–water partition coefficient (Wildman–Crippen LogP) is 3.43. The number of nitrogens with one attached hydrogen (secondary N) is 2. The summed E-state index contributed by atoms with van der Waals surface area (Å²) in [6.07, 6.45) is 3.69. The Bertz CT molecular complexity index is 890. The molecule has 1 aromatic carbocycles. The van der Waals surface area contributed by atoms with Crippen LogP contribution >= 0.6 is 23.6 Å². The van der Waals surface area contributed by atoms with Gasteiger partial charge in [0.05, 0.1) is 23.4 Å². The van der Waals surface area contributed by atoms with Gasteiger partial charge in [0, 0.05) is 24.9 Å². The molecule has 0 saturated carbocycles. The fraction of sp³-hybridized carbons (Fsp3) is 0.211. The number of benzene rings is 1. The van der Waals surface area contributed by atoms with E-state index in [1.54, 1.807) is 24.7 Å². The summed E-state index contributed by atoms with van der Waals surface area (Å²) in [5.74, 6) is 0. The molecule has 0 unspecified atom stereocenters. The lowest BCUT2D eigenvalue weighted by Crippen LogP contribution is -2.40. The molecule has 6 nitrogen and oxygen atoms in total. The van der Waals surface area contributed by atoms with Gasteiger partial charge in [-0.25, -0.2) is 4.68 Å². The maximum absolute atomic E-state index is 5.24. The highest BCUT2D eigenvalue weighted by atomic mass is 32.1. The molecule has 0 aliphatic carbocycles. The van der Waals surface area contributed by atoms with E-state index < -0.39 is 0 Å². The van der Waals surface area contributed by atoms with Gasteiger partial charge in [-0.15, -0.1) is 11.3 Å². The zero-order valence-electron chi connectivity index (χ0n) is 15.1. The molecule has 8 heteroatoms. The van der Waals surface area contributed by atoms with Crippen LogP contribution in [0.1, 0.15) is 12.5 Å². The van der Waals surface area contributed by atoms with Crippen LogP contribution in [-0.2, 0) is 4.74 Å². The van der Waals surface area contributed by atoms with Crippen molar-refractivity contribution < 1.29 is 4.74 Å². The first-order chi connectivity index (χ1) is 13.2. The summed E-state index contributed by atoms with van der Waals surface area (Å²) >= 11 is 6.89. The maximum Gasteiger partial charge on any atom is 0.187 e. The minimum Gasteiger partial charge on any atom is -0.383 e. The van der Waals surface area contributed by atoms with Crippen molar-refractivity contribution in [3.8, 4) is 16.3 Å². The first-order valence-electron chi connectivity index (χ1n) is 8.45. The molecule has 3 rings (SSSR count). The SMILES string of the molecule is COC[C@H](C)NC(=S)N/N=C\c1cn(-c2ccccc2)nc1-c1cccs1. The number of thiocarbonyl (C=S) groups is 1. The van der Waals surface area contributed by atoms with Crippen LogP contribution in [0.15, 0.2) is 59.1 Å². The van der Waals surface area contributed by atoms with Crippen LogP contribution in [0.2, 0.25) is 0 Å². The molecule has 0 aliphatic heterocycles. The van der Waals surface area contributed by atoms with Gasteiger partial charge in [0.15, 0.2) is 5.11 Å². The molecule has 27 heavy (non-hydrogen) atoms. The molecule has 0 fully saturated rings. The average molecular weight is 400 g/mol. The molecular weight excluding hydrogens is 378 g/mol. The Labute approximate surface area is 167 Å². The fourth-order valence-electron chi connectivity index (χ4n) is 2.51. The number of nitrogens with zero attached hydrogens (tertiary/aromatic N) is 3. The monoisotopic (exact) mass is 399 g/mol. The van der Waals surface area contributed by atoms with E-state index in [1.807, 2.05) is 65.6 Å². The third-order valence-electron chi connectivity index (χ3n) is 3.68. The first kappa shape index (κ1) is 19.2. The standard InChI is InChI=1S/C19H21N5OS2/c1-14(13-25-2)21-19(26)22-20-11-15-12-24(16-7-4-3-5-8-16)23-18(15)17-9-6-10-27-17/h3-12,14H,13H2,1-2H3,(H2,21,22,26)/b20-11-/t14-/m0/s1. The van der Waals surface area contributed by atoms with Gasteiger partial charge in [0.25, 0.3) is 0 Å². The van der Waals surface area contributed by atoms with Crippen LogP contribution in [0.3, 0.4) is 0 Å². The quantitative estimate of drug-likeness (QED) is 0.362. The largest absolute Gasteiger partial charge is 0.383 e. The zero-order valence-corrected chi connectivity index (χ0v) is 16.8. The third-order valence-corrected chi connectivity index (χ3v) is 4.77. The van der Waals surface area contributed by atoms with Crippen molar-refractivity contribution in [2.45, 2.75) is 13.0 Å². The van der Waals surface area contributed by atoms with Gasteiger partial charge >= 0.3 is 0 Å². The van der Waals surface area contributed by atoms with Crippen molar-refractivity contribution in [1.29, 1.82) is 0 Å². The Balaban J connectivity index is 1.77. The van der Waals surface area contributed by atoms with Crippen LogP contribution in [0.25, 0.3) is 16.3 Å².